The van der Waals surface area contributed by atoms with E-state index in [0.717, 1.165) is 16.8 Å². The molecule has 0 radical (unpaired) electrons. The van der Waals surface area contributed by atoms with Gasteiger partial charge in [-0.05, 0) is 24.6 Å². The van der Waals surface area contributed by atoms with Gasteiger partial charge in [0.15, 0.2) is 11.5 Å². The summed E-state index contributed by atoms with van der Waals surface area (Å²) in [7, 11) is 4.72. The molecule has 1 aliphatic heterocycles. The highest BCUT2D eigenvalue weighted by molar-refractivity contribution is 6.04. The minimum absolute atomic E-state index is 0.0944. The summed E-state index contributed by atoms with van der Waals surface area (Å²) in [5.41, 5.74) is 3.87. The lowest BCUT2D eigenvalue weighted by atomic mass is 9.97. The topological polar surface area (TPSA) is 60.4 Å². The van der Waals surface area contributed by atoms with E-state index in [9.17, 15) is 4.79 Å². The van der Waals surface area contributed by atoms with Crippen LogP contribution >= 0.6 is 0 Å². The van der Waals surface area contributed by atoms with Crippen LogP contribution in [-0.4, -0.2) is 38.0 Å². The monoisotopic (exact) mass is 368 g/mol. The molecule has 2 aromatic carbocycles. The Kier molecular flexibility index (Phi) is 5.35. The average molecular weight is 368 g/mol. The fourth-order valence-corrected chi connectivity index (χ4v) is 3.27. The normalized spacial score (nSPS) is 16.1. The number of methoxy groups -OCH3 is 3. The van der Waals surface area contributed by atoms with E-state index in [4.69, 9.17) is 14.2 Å². The largest absolute Gasteiger partial charge is 0.493 e. The summed E-state index contributed by atoms with van der Waals surface area (Å²) >= 11 is 0. The second-order valence-corrected chi connectivity index (χ2v) is 6.45. The number of hydrazone groups is 1. The molecule has 3 rings (SSSR count). The van der Waals surface area contributed by atoms with Crippen LogP contribution in [0.5, 0.6) is 17.2 Å². The maximum Gasteiger partial charge on any atom is 0.240 e. The minimum atomic E-state index is -0.128. The predicted octanol–water partition coefficient (Wildman–Crippen LogP) is 3.72. The van der Waals surface area contributed by atoms with Crippen LogP contribution in [0.25, 0.3) is 0 Å². The lowest BCUT2D eigenvalue weighted by Gasteiger charge is -2.20. The maximum atomic E-state index is 12.2. The van der Waals surface area contributed by atoms with Gasteiger partial charge >= 0.3 is 0 Å². The summed E-state index contributed by atoms with van der Waals surface area (Å²) in [5, 5.41) is 6.14. The Labute approximate surface area is 159 Å². The third-order valence-electron chi connectivity index (χ3n) is 4.69. The number of carbonyl (C=O) groups is 1. The molecule has 0 aliphatic carbocycles. The minimum Gasteiger partial charge on any atom is -0.493 e. The Bertz CT molecular complexity index is 849. The van der Waals surface area contributed by atoms with Crippen LogP contribution < -0.4 is 14.2 Å². The van der Waals surface area contributed by atoms with Crippen molar-refractivity contribution in [3.8, 4) is 17.2 Å². The molecule has 6 nitrogen and oxygen atoms in total. The van der Waals surface area contributed by atoms with E-state index in [1.807, 2.05) is 43.3 Å². The lowest BCUT2D eigenvalue weighted by molar-refractivity contribution is -0.130. The van der Waals surface area contributed by atoms with Crippen LogP contribution in [0, 0.1) is 6.92 Å². The Morgan fingerprint density at radius 3 is 2.11 bits per heavy atom. The first-order valence-corrected chi connectivity index (χ1v) is 8.72. The number of amides is 1. The van der Waals surface area contributed by atoms with Crippen LogP contribution in [-0.2, 0) is 4.79 Å². The molecule has 1 atom stereocenters. The zero-order valence-corrected chi connectivity index (χ0v) is 16.3. The molecule has 0 aromatic heterocycles. The van der Waals surface area contributed by atoms with Gasteiger partial charge in [-0.15, -0.1) is 0 Å². The summed E-state index contributed by atoms with van der Waals surface area (Å²) in [5.74, 6) is 1.55. The van der Waals surface area contributed by atoms with Gasteiger partial charge in [-0.25, -0.2) is 5.01 Å². The molecule has 1 aliphatic rings. The van der Waals surface area contributed by atoms with E-state index in [1.165, 1.54) is 12.5 Å². The second-order valence-electron chi connectivity index (χ2n) is 6.45. The fraction of sp³-hybridized carbons (Fsp3) is 0.333. The van der Waals surface area contributed by atoms with Crippen LogP contribution in [0.2, 0.25) is 0 Å². The Balaban J connectivity index is 2.01. The van der Waals surface area contributed by atoms with Crippen LogP contribution in [0.4, 0.5) is 0 Å². The smallest absolute Gasteiger partial charge is 0.240 e. The van der Waals surface area contributed by atoms with E-state index in [-0.39, 0.29) is 11.9 Å². The molecule has 142 valence electrons. The maximum absolute atomic E-state index is 12.2. The molecular formula is C21H24N2O4. The molecule has 27 heavy (non-hydrogen) atoms. The summed E-state index contributed by atoms with van der Waals surface area (Å²) in [6.45, 7) is 3.57. The number of hydrogen-bond donors (Lipinski definition) is 0. The van der Waals surface area contributed by atoms with E-state index in [0.29, 0.717) is 23.7 Å². The van der Waals surface area contributed by atoms with Crippen molar-refractivity contribution >= 4 is 11.6 Å². The molecule has 6 heteroatoms. The fourth-order valence-electron chi connectivity index (χ4n) is 3.27. The first-order chi connectivity index (χ1) is 13.0. The van der Waals surface area contributed by atoms with Gasteiger partial charge in [0.25, 0.3) is 0 Å². The molecule has 0 N–H and O–H groups in total. The molecule has 0 bridgehead atoms. The van der Waals surface area contributed by atoms with Crippen molar-refractivity contribution in [2.24, 2.45) is 5.10 Å². The van der Waals surface area contributed by atoms with Crippen molar-refractivity contribution in [3.63, 3.8) is 0 Å². The van der Waals surface area contributed by atoms with Gasteiger partial charge in [0.2, 0.25) is 11.7 Å². The van der Waals surface area contributed by atoms with Crippen molar-refractivity contribution in [1.82, 2.24) is 5.01 Å². The number of aryl methyl sites for hydroxylation is 1. The standard InChI is InChI=1S/C21H24N2O4/c1-13-6-8-15(9-7-13)18-12-17(22-23(18)14(2)24)16-10-19(25-3)21(27-5)20(11-16)26-4/h6-11,18H,12H2,1-5H3. The molecule has 1 heterocycles. The number of hydrogen-bond acceptors (Lipinski definition) is 5. The Hall–Kier alpha value is -3.02. The summed E-state index contributed by atoms with van der Waals surface area (Å²) in [4.78, 5) is 12.2. The lowest BCUT2D eigenvalue weighted by Crippen LogP contribution is -2.24. The summed E-state index contributed by atoms with van der Waals surface area (Å²) < 4.78 is 16.3. The van der Waals surface area contributed by atoms with Crippen molar-refractivity contribution in [2.45, 2.75) is 26.3 Å². The highest BCUT2D eigenvalue weighted by atomic mass is 16.5. The summed E-state index contributed by atoms with van der Waals surface area (Å²) in [6, 6.07) is 11.8. The van der Waals surface area contributed by atoms with E-state index < -0.39 is 0 Å². The average Bonchev–Trinajstić information content (AvgIpc) is 3.13. The van der Waals surface area contributed by atoms with E-state index in [2.05, 4.69) is 5.10 Å². The van der Waals surface area contributed by atoms with Crippen molar-refractivity contribution in [2.75, 3.05) is 21.3 Å². The number of rotatable bonds is 5. The van der Waals surface area contributed by atoms with Crippen LogP contribution in [0.3, 0.4) is 0 Å². The number of carbonyl (C=O) groups excluding carboxylic acids is 1. The third-order valence-corrected chi connectivity index (χ3v) is 4.69. The van der Waals surface area contributed by atoms with E-state index in [1.54, 1.807) is 26.3 Å². The van der Waals surface area contributed by atoms with Gasteiger partial charge in [-0.2, -0.15) is 5.10 Å². The molecule has 0 saturated heterocycles. The van der Waals surface area contributed by atoms with Gasteiger partial charge in [0, 0.05) is 18.9 Å². The molecule has 0 saturated carbocycles. The molecule has 0 fully saturated rings. The zero-order valence-electron chi connectivity index (χ0n) is 16.3. The molecule has 0 spiro atoms. The van der Waals surface area contributed by atoms with Gasteiger partial charge in [0.05, 0.1) is 33.1 Å². The highest BCUT2D eigenvalue weighted by Gasteiger charge is 2.32. The van der Waals surface area contributed by atoms with Gasteiger partial charge in [-0.3, -0.25) is 4.79 Å². The first-order valence-electron chi connectivity index (χ1n) is 8.72. The number of benzene rings is 2. The van der Waals surface area contributed by atoms with Crippen molar-refractivity contribution in [3.05, 3.63) is 53.1 Å². The number of nitrogens with zero attached hydrogens (tertiary/aromatic N) is 2. The summed E-state index contributed by atoms with van der Waals surface area (Å²) in [6.07, 6.45) is 0.612. The zero-order chi connectivity index (χ0) is 19.6. The third kappa shape index (κ3) is 3.60. The SMILES string of the molecule is COc1cc(C2=NN(C(C)=O)C(c3ccc(C)cc3)C2)cc(OC)c1OC. The van der Waals surface area contributed by atoms with Crippen molar-refractivity contribution in [1.29, 1.82) is 0 Å². The van der Waals surface area contributed by atoms with E-state index >= 15 is 0 Å². The first kappa shape index (κ1) is 18.8. The second kappa shape index (κ2) is 7.70. The predicted molar refractivity (Wildman–Crippen MR) is 104 cm³/mol. The highest BCUT2D eigenvalue weighted by Crippen LogP contribution is 2.40. The van der Waals surface area contributed by atoms with Gasteiger partial charge < -0.3 is 14.2 Å². The van der Waals surface area contributed by atoms with Crippen LogP contribution in [0.1, 0.15) is 36.1 Å². The van der Waals surface area contributed by atoms with Gasteiger partial charge in [-0.1, -0.05) is 29.8 Å². The number of ether oxygens (including phenoxy) is 3. The molecule has 1 unspecified atom stereocenters. The quantitative estimate of drug-likeness (QED) is 0.807. The molecular weight excluding hydrogens is 344 g/mol. The Morgan fingerprint density at radius 1 is 1.04 bits per heavy atom. The van der Waals surface area contributed by atoms with Crippen molar-refractivity contribution < 1.29 is 19.0 Å². The molecule has 2 aromatic rings. The van der Waals surface area contributed by atoms with Gasteiger partial charge in [0.1, 0.15) is 0 Å². The molecule has 1 amide bonds. The Morgan fingerprint density at radius 2 is 1.63 bits per heavy atom. The van der Waals surface area contributed by atoms with Crippen LogP contribution in [0.15, 0.2) is 41.5 Å².